The maximum absolute atomic E-state index is 12.4. The molecule has 1 atom stereocenters. The number of rotatable bonds is 7. The zero-order chi connectivity index (χ0) is 22.8. The smallest absolute Gasteiger partial charge is 0.314 e. The number of likely N-dealkylation sites (N-methyl/N-ethyl adjacent to an activating group) is 1. The van der Waals surface area contributed by atoms with E-state index in [1.54, 1.807) is 30.6 Å². The number of nitrogens with zero attached hydrogens (tertiary/aromatic N) is 3. The molecule has 0 aliphatic rings. The van der Waals surface area contributed by atoms with Crippen molar-refractivity contribution in [3.05, 3.63) is 59.5 Å². The Morgan fingerprint density at radius 2 is 1.81 bits per heavy atom. The maximum Gasteiger partial charge on any atom is 0.314 e. The van der Waals surface area contributed by atoms with E-state index in [1.807, 2.05) is 0 Å². The number of nitrogens with one attached hydrogen (secondary N) is 3. The van der Waals surface area contributed by atoms with Crippen LogP contribution < -0.4 is 16.0 Å². The lowest BCUT2D eigenvalue weighted by Gasteiger charge is -2.21. The highest BCUT2D eigenvalue weighted by atomic mass is 35.5. The number of amides is 4. The Hall–Kier alpha value is -3.79. The van der Waals surface area contributed by atoms with Crippen molar-refractivity contribution in [3.63, 3.8) is 0 Å². The first-order valence-electron chi connectivity index (χ1n) is 9.06. The summed E-state index contributed by atoms with van der Waals surface area (Å²) in [6, 6.07) is 5.28. The van der Waals surface area contributed by atoms with Crippen LogP contribution in [0.15, 0.2) is 48.9 Å². The minimum atomic E-state index is -1.07. The fraction of sp³-hybridized carbons (Fsp3) is 0.200. The maximum atomic E-state index is 12.4. The molecule has 3 N–H and O–H groups in total. The van der Waals surface area contributed by atoms with Crippen molar-refractivity contribution >= 4 is 47.1 Å². The van der Waals surface area contributed by atoms with Crippen molar-refractivity contribution in [1.82, 2.24) is 25.5 Å². The summed E-state index contributed by atoms with van der Waals surface area (Å²) in [6.45, 7) is -0.286. The molecule has 0 saturated carbocycles. The van der Waals surface area contributed by atoms with Gasteiger partial charge in [0.2, 0.25) is 11.8 Å². The van der Waals surface area contributed by atoms with Crippen molar-refractivity contribution in [2.24, 2.45) is 0 Å². The second-order valence-corrected chi connectivity index (χ2v) is 6.87. The Kier molecular flexibility index (Phi) is 8.64. The van der Waals surface area contributed by atoms with Gasteiger partial charge < -0.3 is 20.9 Å². The second-order valence-electron chi connectivity index (χ2n) is 6.43. The molecule has 0 spiro atoms. The highest BCUT2D eigenvalue weighted by Gasteiger charge is 2.24. The molecule has 0 aliphatic heterocycles. The molecule has 31 heavy (non-hydrogen) atoms. The van der Waals surface area contributed by atoms with Gasteiger partial charge >= 0.3 is 11.8 Å². The molecule has 10 nitrogen and oxygen atoms in total. The van der Waals surface area contributed by atoms with Crippen LogP contribution in [0.4, 0.5) is 5.82 Å². The number of aromatic nitrogens is 2. The van der Waals surface area contributed by atoms with E-state index in [9.17, 15) is 19.2 Å². The van der Waals surface area contributed by atoms with E-state index in [0.29, 0.717) is 5.02 Å². The normalized spacial score (nSPS) is 11.5. The van der Waals surface area contributed by atoms with E-state index in [4.69, 9.17) is 11.6 Å². The van der Waals surface area contributed by atoms with Gasteiger partial charge in [-0.25, -0.2) is 4.98 Å². The number of anilines is 1. The molecular weight excluding hydrogens is 424 g/mol. The van der Waals surface area contributed by atoms with E-state index in [0.717, 1.165) is 5.56 Å². The van der Waals surface area contributed by atoms with Crippen LogP contribution >= 0.6 is 11.6 Å². The van der Waals surface area contributed by atoms with Crippen LogP contribution in [0.1, 0.15) is 5.56 Å². The Morgan fingerprint density at radius 3 is 2.42 bits per heavy atom. The third-order valence-electron chi connectivity index (χ3n) is 3.83. The summed E-state index contributed by atoms with van der Waals surface area (Å²) >= 11 is 5.72. The molecule has 2 aromatic rings. The van der Waals surface area contributed by atoms with Gasteiger partial charge in [0.1, 0.15) is 11.9 Å². The minimum absolute atomic E-state index is 0.139. The monoisotopic (exact) mass is 444 g/mol. The highest BCUT2D eigenvalue weighted by Crippen LogP contribution is 2.09. The van der Waals surface area contributed by atoms with E-state index in [-0.39, 0.29) is 12.4 Å². The Morgan fingerprint density at radius 1 is 1.10 bits per heavy atom. The molecule has 0 fully saturated rings. The molecule has 0 radical (unpaired) electrons. The van der Waals surface area contributed by atoms with Gasteiger partial charge in [-0.05, 0) is 35.9 Å². The molecule has 2 heterocycles. The molecule has 2 rings (SSSR count). The van der Waals surface area contributed by atoms with Crippen LogP contribution in [-0.4, -0.2) is 65.2 Å². The molecular formula is C20H21ClN6O4. The van der Waals surface area contributed by atoms with E-state index < -0.39 is 29.7 Å². The Bertz CT molecular complexity index is 963. The topological polar surface area (TPSA) is 133 Å². The summed E-state index contributed by atoms with van der Waals surface area (Å²) < 4.78 is 0. The van der Waals surface area contributed by atoms with E-state index >= 15 is 0 Å². The fourth-order valence-electron chi connectivity index (χ4n) is 2.28. The average molecular weight is 445 g/mol. The van der Waals surface area contributed by atoms with Gasteiger partial charge in [0.05, 0.1) is 5.02 Å². The molecule has 162 valence electrons. The van der Waals surface area contributed by atoms with Crippen molar-refractivity contribution in [1.29, 1.82) is 0 Å². The number of hydrogen-bond donors (Lipinski definition) is 3. The van der Waals surface area contributed by atoms with Gasteiger partial charge in [-0.15, -0.1) is 0 Å². The number of halogens is 1. The summed E-state index contributed by atoms with van der Waals surface area (Å²) in [7, 11) is 3.02. The summed E-state index contributed by atoms with van der Waals surface area (Å²) in [5.74, 6) is -2.82. The molecule has 0 saturated heterocycles. The lowest BCUT2D eigenvalue weighted by atomic mass is 10.2. The summed E-state index contributed by atoms with van der Waals surface area (Å²) in [5, 5.41) is 7.52. The van der Waals surface area contributed by atoms with Crippen molar-refractivity contribution in [2.45, 2.75) is 6.04 Å². The lowest BCUT2D eigenvalue weighted by molar-refractivity contribution is -0.137. The predicted molar refractivity (Wildman–Crippen MR) is 115 cm³/mol. The standard InChI is InChI=1S/C20H21ClN6O4/c1-27(2)20(31)15(25-17(28)6-3-13-7-9-22-10-8-13)12-24-18(29)19(30)26-16-5-4-14(21)11-23-16/h3-11,15H,12H2,1-2H3,(H,24,29)(H,25,28)(H,23,26,30)/b6-3+. The van der Waals surface area contributed by atoms with Gasteiger partial charge in [-0.1, -0.05) is 11.6 Å². The number of carbonyl (C=O) groups excluding carboxylic acids is 4. The quantitative estimate of drug-likeness (QED) is 0.420. The van der Waals surface area contributed by atoms with Crippen LogP contribution in [0, 0.1) is 0 Å². The van der Waals surface area contributed by atoms with Crippen LogP contribution in [0.25, 0.3) is 6.08 Å². The highest BCUT2D eigenvalue weighted by molar-refractivity contribution is 6.39. The largest absolute Gasteiger partial charge is 0.347 e. The summed E-state index contributed by atoms with van der Waals surface area (Å²) in [5.41, 5.74) is 0.751. The van der Waals surface area contributed by atoms with Crippen LogP contribution in [0.2, 0.25) is 5.02 Å². The van der Waals surface area contributed by atoms with Gasteiger partial charge in [-0.3, -0.25) is 24.2 Å². The van der Waals surface area contributed by atoms with Crippen LogP contribution in [-0.2, 0) is 19.2 Å². The summed E-state index contributed by atoms with van der Waals surface area (Å²) in [6.07, 6.45) is 7.29. The molecule has 0 aliphatic carbocycles. The van der Waals surface area contributed by atoms with Crippen molar-refractivity contribution < 1.29 is 19.2 Å². The minimum Gasteiger partial charge on any atom is -0.347 e. The van der Waals surface area contributed by atoms with Gasteiger partial charge in [-0.2, -0.15) is 0 Å². The third-order valence-corrected chi connectivity index (χ3v) is 4.05. The molecule has 11 heteroatoms. The first kappa shape index (κ1) is 23.5. The van der Waals surface area contributed by atoms with E-state index in [2.05, 4.69) is 25.9 Å². The van der Waals surface area contributed by atoms with Crippen molar-refractivity contribution in [2.75, 3.05) is 26.0 Å². The van der Waals surface area contributed by atoms with Crippen LogP contribution in [0.3, 0.4) is 0 Å². The summed E-state index contributed by atoms with van der Waals surface area (Å²) in [4.78, 5) is 57.6. The van der Waals surface area contributed by atoms with Gasteiger partial charge in [0.25, 0.3) is 0 Å². The molecule has 0 aromatic carbocycles. The Labute approximate surface area is 183 Å². The SMILES string of the molecule is CN(C)C(=O)C(CNC(=O)C(=O)Nc1ccc(Cl)cn1)NC(=O)/C=C/c1ccncc1. The second kappa shape index (κ2) is 11.4. The van der Waals surface area contributed by atoms with Gasteiger partial charge in [0, 0.05) is 45.3 Å². The third kappa shape index (κ3) is 7.86. The predicted octanol–water partition coefficient (Wildman–Crippen LogP) is 0.471. The Balaban J connectivity index is 1.95. The fourth-order valence-corrected chi connectivity index (χ4v) is 2.39. The zero-order valence-electron chi connectivity index (χ0n) is 16.8. The van der Waals surface area contributed by atoms with Crippen LogP contribution in [0.5, 0.6) is 0 Å². The zero-order valence-corrected chi connectivity index (χ0v) is 17.6. The van der Waals surface area contributed by atoms with Gasteiger partial charge in [0.15, 0.2) is 0 Å². The molecule has 0 bridgehead atoms. The molecule has 4 amide bonds. The van der Waals surface area contributed by atoms with E-state index in [1.165, 1.54) is 43.4 Å². The van der Waals surface area contributed by atoms with Crippen molar-refractivity contribution in [3.8, 4) is 0 Å². The first-order valence-corrected chi connectivity index (χ1v) is 9.44. The lowest BCUT2D eigenvalue weighted by Crippen LogP contribution is -2.53. The number of hydrogen-bond acceptors (Lipinski definition) is 6. The molecule has 1 unspecified atom stereocenters. The molecule has 2 aromatic heterocycles. The average Bonchev–Trinajstić information content (AvgIpc) is 2.76. The number of pyridine rings is 2. The first-order chi connectivity index (χ1) is 14.8. The number of carbonyl (C=O) groups is 4.